The van der Waals surface area contributed by atoms with Gasteiger partial charge in [0.2, 0.25) is 0 Å². The first kappa shape index (κ1) is 13.7. The number of thioether (sulfide) groups is 1. The van der Waals surface area contributed by atoms with Crippen LogP contribution in [0.2, 0.25) is 0 Å². The van der Waals surface area contributed by atoms with Crippen molar-refractivity contribution in [2.45, 2.75) is 17.4 Å². The van der Waals surface area contributed by atoms with Gasteiger partial charge < -0.3 is 20.7 Å². The Bertz CT molecular complexity index is 397. The zero-order valence-electron chi connectivity index (χ0n) is 9.42. The van der Waals surface area contributed by atoms with Gasteiger partial charge in [-0.2, -0.15) is 0 Å². The van der Waals surface area contributed by atoms with E-state index in [1.165, 1.54) is 18.9 Å². The molecule has 0 saturated heterocycles. The number of hydrogen-bond donors (Lipinski definition) is 3. The van der Waals surface area contributed by atoms with Crippen molar-refractivity contribution in [1.82, 2.24) is 0 Å². The molecule has 0 aliphatic rings. The maximum Gasteiger partial charge on any atom is 0.306 e. The summed E-state index contributed by atoms with van der Waals surface area (Å²) in [7, 11) is 1.53. The van der Waals surface area contributed by atoms with Crippen LogP contribution in [0.25, 0.3) is 0 Å². The molecule has 0 bridgehead atoms. The van der Waals surface area contributed by atoms with Crippen LogP contribution in [-0.4, -0.2) is 35.1 Å². The fourth-order valence-corrected chi connectivity index (χ4v) is 2.19. The molecule has 0 spiro atoms. The largest absolute Gasteiger partial charge is 0.496 e. The zero-order valence-corrected chi connectivity index (χ0v) is 10.2. The van der Waals surface area contributed by atoms with Gasteiger partial charge in [-0.15, -0.1) is 11.8 Å². The summed E-state index contributed by atoms with van der Waals surface area (Å²) in [6.45, 7) is 0. The second-order valence-corrected chi connectivity index (χ2v) is 4.53. The molecule has 1 rings (SSSR count). The van der Waals surface area contributed by atoms with Gasteiger partial charge in [0.15, 0.2) is 0 Å². The van der Waals surface area contributed by atoms with E-state index in [-0.39, 0.29) is 6.42 Å². The number of benzene rings is 1. The van der Waals surface area contributed by atoms with Crippen molar-refractivity contribution in [2.75, 3.05) is 18.6 Å². The molecule has 4 N–H and O–H groups in total. The van der Waals surface area contributed by atoms with Gasteiger partial charge in [0.1, 0.15) is 5.75 Å². The predicted octanol–water partition coefficient (Wildman–Crippen LogP) is 1.21. The van der Waals surface area contributed by atoms with Crippen molar-refractivity contribution in [2.24, 2.45) is 0 Å². The second kappa shape index (κ2) is 6.36. The van der Waals surface area contributed by atoms with Crippen LogP contribution in [0, 0.1) is 0 Å². The number of carbonyl (C=O) groups is 1. The highest BCUT2D eigenvalue weighted by molar-refractivity contribution is 7.99. The molecule has 1 aromatic carbocycles. The molecular formula is C11H15NO4S. The van der Waals surface area contributed by atoms with Gasteiger partial charge in [-0.1, -0.05) is 0 Å². The van der Waals surface area contributed by atoms with E-state index >= 15 is 0 Å². The van der Waals surface area contributed by atoms with Crippen LogP contribution in [0.1, 0.15) is 6.42 Å². The molecule has 0 saturated carbocycles. The van der Waals surface area contributed by atoms with Crippen molar-refractivity contribution in [3.05, 3.63) is 18.2 Å². The Morgan fingerprint density at radius 2 is 2.29 bits per heavy atom. The Morgan fingerprint density at radius 1 is 1.59 bits per heavy atom. The number of aliphatic carboxylic acids is 1. The van der Waals surface area contributed by atoms with E-state index in [0.717, 1.165) is 4.90 Å². The molecule has 94 valence electrons. The van der Waals surface area contributed by atoms with Crippen molar-refractivity contribution < 1.29 is 19.7 Å². The maximum atomic E-state index is 10.4. The van der Waals surface area contributed by atoms with Gasteiger partial charge in [-0.05, 0) is 12.1 Å². The maximum absolute atomic E-state index is 10.4. The molecule has 0 amide bonds. The minimum atomic E-state index is -1.01. The molecule has 0 aliphatic heterocycles. The molecule has 0 aliphatic carbocycles. The minimum absolute atomic E-state index is 0.260. The standard InChI is InChI=1S/C11H15NO4S/c1-16-9-4-7(12)2-3-10(9)17-6-8(13)5-11(14)15/h2-4,8,13H,5-6,12H2,1H3,(H,14,15). The lowest BCUT2D eigenvalue weighted by atomic mass is 10.3. The predicted molar refractivity (Wildman–Crippen MR) is 66.4 cm³/mol. The van der Waals surface area contributed by atoms with Crippen molar-refractivity contribution in [3.8, 4) is 5.75 Å². The highest BCUT2D eigenvalue weighted by atomic mass is 32.2. The van der Waals surface area contributed by atoms with Gasteiger partial charge in [-0.3, -0.25) is 4.79 Å². The number of ether oxygens (including phenoxy) is 1. The van der Waals surface area contributed by atoms with Crippen LogP contribution in [0.5, 0.6) is 5.75 Å². The Kier molecular flexibility index (Phi) is 5.11. The van der Waals surface area contributed by atoms with Crippen LogP contribution in [0.4, 0.5) is 5.69 Å². The molecule has 1 unspecified atom stereocenters. The summed E-state index contributed by atoms with van der Waals surface area (Å²) in [4.78, 5) is 11.2. The summed E-state index contributed by atoms with van der Waals surface area (Å²) in [5, 5.41) is 17.9. The number of anilines is 1. The quantitative estimate of drug-likeness (QED) is 0.524. The molecule has 0 radical (unpaired) electrons. The van der Waals surface area contributed by atoms with E-state index in [9.17, 15) is 9.90 Å². The van der Waals surface area contributed by atoms with Crippen LogP contribution in [0.15, 0.2) is 23.1 Å². The first-order valence-corrected chi connectivity index (χ1v) is 5.97. The van der Waals surface area contributed by atoms with Crippen molar-refractivity contribution >= 4 is 23.4 Å². The first-order chi connectivity index (χ1) is 8.02. The molecule has 1 atom stereocenters. The molecule has 5 nitrogen and oxygen atoms in total. The van der Waals surface area contributed by atoms with Crippen molar-refractivity contribution in [1.29, 1.82) is 0 Å². The summed E-state index contributed by atoms with van der Waals surface area (Å²) in [6, 6.07) is 5.20. The third-order valence-electron chi connectivity index (χ3n) is 2.03. The number of nitrogen functional groups attached to an aromatic ring is 1. The van der Waals surface area contributed by atoms with Crippen LogP contribution in [-0.2, 0) is 4.79 Å². The van der Waals surface area contributed by atoms with Crippen LogP contribution in [0.3, 0.4) is 0 Å². The van der Waals surface area contributed by atoms with E-state index < -0.39 is 12.1 Å². The van der Waals surface area contributed by atoms with Gasteiger partial charge >= 0.3 is 5.97 Å². The number of carboxylic acid groups (broad SMARTS) is 1. The third kappa shape index (κ3) is 4.54. The fraction of sp³-hybridized carbons (Fsp3) is 0.364. The molecule has 0 fully saturated rings. The van der Waals surface area contributed by atoms with Gasteiger partial charge in [0.05, 0.1) is 19.6 Å². The number of aliphatic hydroxyl groups is 1. The molecule has 17 heavy (non-hydrogen) atoms. The summed E-state index contributed by atoms with van der Waals surface area (Å²) >= 11 is 1.34. The molecule has 0 heterocycles. The van der Waals surface area contributed by atoms with Gasteiger partial charge in [0, 0.05) is 22.4 Å². The first-order valence-electron chi connectivity index (χ1n) is 4.99. The van der Waals surface area contributed by atoms with E-state index in [0.29, 0.717) is 17.2 Å². The Hall–Kier alpha value is -1.40. The van der Waals surface area contributed by atoms with E-state index in [1.807, 2.05) is 0 Å². The smallest absolute Gasteiger partial charge is 0.306 e. The molecular weight excluding hydrogens is 242 g/mol. The number of aliphatic hydroxyl groups excluding tert-OH is 1. The molecule has 0 aromatic heterocycles. The number of rotatable bonds is 6. The Balaban J connectivity index is 2.59. The fourth-order valence-electron chi connectivity index (χ4n) is 1.25. The van der Waals surface area contributed by atoms with Crippen molar-refractivity contribution in [3.63, 3.8) is 0 Å². The second-order valence-electron chi connectivity index (χ2n) is 3.47. The summed E-state index contributed by atoms with van der Waals surface area (Å²) in [6.07, 6.45) is -1.13. The molecule has 1 aromatic rings. The van der Waals surface area contributed by atoms with Gasteiger partial charge in [-0.25, -0.2) is 0 Å². The lowest BCUT2D eigenvalue weighted by molar-refractivity contribution is -0.138. The number of nitrogens with two attached hydrogens (primary N) is 1. The third-order valence-corrected chi connectivity index (χ3v) is 3.23. The lowest BCUT2D eigenvalue weighted by Gasteiger charge is -2.11. The summed E-state index contributed by atoms with van der Waals surface area (Å²) < 4.78 is 5.14. The molecule has 6 heteroatoms. The number of carboxylic acids is 1. The Labute approximate surface area is 104 Å². The van der Waals surface area contributed by atoms with Crippen LogP contribution >= 0.6 is 11.8 Å². The highest BCUT2D eigenvalue weighted by Crippen LogP contribution is 2.31. The minimum Gasteiger partial charge on any atom is -0.496 e. The van der Waals surface area contributed by atoms with E-state index in [4.69, 9.17) is 15.6 Å². The SMILES string of the molecule is COc1cc(N)ccc1SCC(O)CC(=O)O. The van der Waals surface area contributed by atoms with E-state index in [2.05, 4.69) is 0 Å². The van der Waals surface area contributed by atoms with E-state index in [1.54, 1.807) is 18.2 Å². The summed E-state index contributed by atoms with van der Waals surface area (Å²) in [5.74, 6) is -0.0908. The average Bonchev–Trinajstić information content (AvgIpc) is 2.26. The zero-order chi connectivity index (χ0) is 12.8. The monoisotopic (exact) mass is 257 g/mol. The van der Waals surface area contributed by atoms with Crippen LogP contribution < -0.4 is 10.5 Å². The normalized spacial score (nSPS) is 12.1. The topological polar surface area (TPSA) is 92.8 Å². The van der Waals surface area contributed by atoms with Gasteiger partial charge in [0.25, 0.3) is 0 Å². The number of methoxy groups -OCH3 is 1. The Morgan fingerprint density at radius 3 is 2.88 bits per heavy atom. The number of hydrogen-bond acceptors (Lipinski definition) is 5. The summed E-state index contributed by atoms with van der Waals surface area (Å²) in [5.41, 5.74) is 6.20. The lowest BCUT2D eigenvalue weighted by Crippen LogP contribution is -2.15. The average molecular weight is 257 g/mol. The highest BCUT2D eigenvalue weighted by Gasteiger charge is 2.11.